The first-order chi connectivity index (χ1) is 8.38. The molecule has 1 aliphatic heterocycles. The van der Waals surface area contributed by atoms with Gasteiger partial charge in [0, 0.05) is 7.11 Å². The van der Waals surface area contributed by atoms with Crippen molar-refractivity contribution in [3.63, 3.8) is 0 Å². The first-order valence-corrected chi connectivity index (χ1v) is 6.14. The number of rotatable bonds is 5. The lowest BCUT2D eigenvalue weighted by atomic mass is 10.1. The van der Waals surface area contributed by atoms with Crippen LogP contribution in [0, 0.1) is 0 Å². The van der Waals surface area contributed by atoms with Crippen molar-refractivity contribution in [1.29, 1.82) is 0 Å². The van der Waals surface area contributed by atoms with Gasteiger partial charge in [-0.05, 0) is 18.4 Å². The summed E-state index contributed by atoms with van der Waals surface area (Å²) in [5.41, 5.74) is 1.21. The van der Waals surface area contributed by atoms with E-state index in [2.05, 4.69) is 12.1 Å². The van der Waals surface area contributed by atoms with Crippen molar-refractivity contribution in [1.82, 2.24) is 0 Å². The minimum Gasteiger partial charge on any atom is -0.379 e. The zero-order valence-electron chi connectivity index (χ0n) is 10.3. The molecule has 1 aliphatic rings. The van der Waals surface area contributed by atoms with Crippen LogP contribution in [0.15, 0.2) is 30.3 Å². The van der Waals surface area contributed by atoms with Gasteiger partial charge in [0.05, 0.1) is 32.0 Å². The Labute approximate surface area is 103 Å². The van der Waals surface area contributed by atoms with Crippen molar-refractivity contribution in [3.8, 4) is 0 Å². The fraction of sp³-hybridized carbons (Fsp3) is 0.571. The van der Waals surface area contributed by atoms with E-state index in [0.717, 1.165) is 12.8 Å². The molecule has 2 rings (SSSR count). The van der Waals surface area contributed by atoms with Gasteiger partial charge in [-0.15, -0.1) is 0 Å². The van der Waals surface area contributed by atoms with Crippen LogP contribution in [0.3, 0.4) is 0 Å². The van der Waals surface area contributed by atoms with Crippen LogP contribution >= 0.6 is 0 Å². The highest BCUT2D eigenvalue weighted by molar-refractivity contribution is 5.13. The minimum atomic E-state index is 0.227. The quantitative estimate of drug-likeness (QED) is 0.785. The van der Waals surface area contributed by atoms with Gasteiger partial charge in [-0.2, -0.15) is 0 Å². The van der Waals surface area contributed by atoms with Crippen LogP contribution in [0.1, 0.15) is 18.4 Å². The van der Waals surface area contributed by atoms with Gasteiger partial charge in [0.15, 0.2) is 0 Å². The Morgan fingerprint density at radius 2 is 2.06 bits per heavy atom. The maximum absolute atomic E-state index is 5.67. The summed E-state index contributed by atoms with van der Waals surface area (Å²) >= 11 is 0. The molecule has 0 aromatic heterocycles. The molecule has 1 aromatic rings. The number of benzene rings is 1. The van der Waals surface area contributed by atoms with E-state index in [0.29, 0.717) is 19.8 Å². The molecule has 1 saturated heterocycles. The van der Waals surface area contributed by atoms with Crippen LogP contribution in [-0.4, -0.2) is 32.5 Å². The van der Waals surface area contributed by atoms with Crippen LogP contribution in [0.25, 0.3) is 0 Å². The van der Waals surface area contributed by atoms with E-state index in [1.807, 2.05) is 18.2 Å². The summed E-state index contributed by atoms with van der Waals surface area (Å²) in [6.07, 6.45) is 2.58. The lowest BCUT2D eigenvalue weighted by molar-refractivity contribution is -0.0983. The van der Waals surface area contributed by atoms with Gasteiger partial charge in [-0.3, -0.25) is 0 Å². The van der Waals surface area contributed by atoms with Gasteiger partial charge in [-0.1, -0.05) is 30.3 Å². The van der Waals surface area contributed by atoms with E-state index in [9.17, 15) is 0 Å². The predicted octanol–water partition coefficient (Wildman–Crippen LogP) is 2.40. The van der Waals surface area contributed by atoms with Crippen molar-refractivity contribution in [3.05, 3.63) is 35.9 Å². The third-order valence-electron chi connectivity index (χ3n) is 3.08. The summed E-state index contributed by atoms with van der Waals surface area (Å²) in [6.45, 7) is 2.02. The Morgan fingerprint density at radius 3 is 2.71 bits per heavy atom. The Kier molecular flexibility index (Phi) is 4.98. The Bertz CT molecular complexity index is 305. The predicted molar refractivity (Wildman–Crippen MR) is 65.9 cm³/mol. The Hall–Kier alpha value is -0.900. The average molecular weight is 236 g/mol. The second-order valence-electron chi connectivity index (χ2n) is 4.39. The summed E-state index contributed by atoms with van der Waals surface area (Å²) in [5, 5.41) is 0. The molecule has 0 saturated carbocycles. The fourth-order valence-corrected chi connectivity index (χ4v) is 1.98. The fourth-order valence-electron chi connectivity index (χ4n) is 1.98. The first-order valence-electron chi connectivity index (χ1n) is 6.14. The normalized spacial score (nSPS) is 24.8. The smallest absolute Gasteiger partial charge is 0.0810 e. The van der Waals surface area contributed by atoms with Gasteiger partial charge in [0.2, 0.25) is 0 Å². The lowest BCUT2D eigenvalue weighted by Crippen LogP contribution is -2.33. The Balaban J connectivity index is 1.63. The topological polar surface area (TPSA) is 27.7 Å². The molecule has 3 nitrogen and oxygen atoms in total. The zero-order chi connectivity index (χ0) is 11.9. The molecule has 1 aromatic carbocycles. The minimum absolute atomic E-state index is 0.227. The molecule has 0 N–H and O–H groups in total. The van der Waals surface area contributed by atoms with E-state index in [1.54, 1.807) is 7.11 Å². The second kappa shape index (κ2) is 6.74. The van der Waals surface area contributed by atoms with E-state index in [-0.39, 0.29) is 12.2 Å². The van der Waals surface area contributed by atoms with Gasteiger partial charge in [0.1, 0.15) is 0 Å². The van der Waals surface area contributed by atoms with Gasteiger partial charge in [0.25, 0.3) is 0 Å². The molecule has 1 fully saturated rings. The zero-order valence-corrected chi connectivity index (χ0v) is 10.3. The third-order valence-corrected chi connectivity index (χ3v) is 3.08. The second-order valence-corrected chi connectivity index (χ2v) is 4.39. The van der Waals surface area contributed by atoms with Crippen molar-refractivity contribution in [2.45, 2.75) is 31.7 Å². The highest BCUT2D eigenvalue weighted by Gasteiger charge is 2.21. The molecule has 1 heterocycles. The molecule has 0 spiro atoms. The first kappa shape index (κ1) is 12.6. The highest BCUT2D eigenvalue weighted by Crippen LogP contribution is 2.16. The summed E-state index contributed by atoms with van der Waals surface area (Å²) < 4.78 is 16.6. The molecule has 0 radical (unpaired) electrons. The van der Waals surface area contributed by atoms with Gasteiger partial charge < -0.3 is 14.2 Å². The molecule has 0 aliphatic carbocycles. The SMILES string of the molecule is CO[C@H]1CC[C@H](COCc2ccccc2)OC1. The van der Waals surface area contributed by atoms with E-state index < -0.39 is 0 Å². The van der Waals surface area contributed by atoms with Crippen LogP contribution in [0.2, 0.25) is 0 Å². The highest BCUT2D eigenvalue weighted by atomic mass is 16.6. The number of methoxy groups -OCH3 is 1. The van der Waals surface area contributed by atoms with Crippen molar-refractivity contribution >= 4 is 0 Å². The standard InChI is InChI=1S/C14H20O3/c1-15-13-7-8-14(17-11-13)10-16-9-12-5-3-2-4-6-12/h2-6,13-14H,7-11H2,1H3/t13-,14+/m0/s1. The van der Waals surface area contributed by atoms with E-state index in [4.69, 9.17) is 14.2 Å². The van der Waals surface area contributed by atoms with Crippen molar-refractivity contribution in [2.24, 2.45) is 0 Å². The molecule has 3 heteroatoms. The van der Waals surface area contributed by atoms with E-state index in [1.165, 1.54) is 5.56 Å². The molecule has 0 unspecified atom stereocenters. The monoisotopic (exact) mass is 236 g/mol. The van der Waals surface area contributed by atoms with E-state index >= 15 is 0 Å². The molecule has 17 heavy (non-hydrogen) atoms. The summed E-state index contributed by atoms with van der Waals surface area (Å²) in [5.74, 6) is 0. The summed E-state index contributed by atoms with van der Waals surface area (Å²) in [7, 11) is 1.74. The number of ether oxygens (including phenoxy) is 3. The molecule has 0 amide bonds. The van der Waals surface area contributed by atoms with Gasteiger partial charge >= 0.3 is 0 Å². The molecule has 94 valence electrons. The largest absolute Gasteiger partial charge is 0.379 e. The third kappa shape index (κ3) is 4.11. The average Bonchev–Trinajstić information content (AvgIpc) is 2.41. The van der Waals surface area contributed by atoms with Crippen LogP contribution in [-0.2, 0) is 20.8 Å². The summed E-state index contributed by atoms with van der Waals surface area (Å²) in [6, 6.07) is 10.2. The molecule has 2 atom stereocenters. The van der Waals surface area contributed by atoms with Crippen LogP contribution in [0.5, 0.6) is 0 Å². The number of hydrogen-bond donors (Lipinski definition) is 0. The molecular weight excluding hydrogens is 216 g/mol. The van der Waals surface area contributed by atoms with Gasteiger partial charge in [-0.25, -0.2) is 0 Å². The van der Waals surface area contributed by atoms with Crippen molar-refractivity contribution < 1.29 is 14.2 Å². The van der Waals surface area contributed by atoms with Crippen molar-refractivity contribution in [2.75, 3.05) is 20.3 Å². The summed E-state index contributed by atoms with van der Waals surface area (Å²) in [4.78, 5) is 0. The molecular formula is C14H20O3. The van der Waals surface area contributed by atoms with Crippen LogP contribution < -0.4 is 0 Å². The number of hydrogen-bond acceptors (Lipinski definition) is 3. The maximum atomic E-state index is 5.67. The van der Waals surface area contributed by atoms with Crippen LogP contribution in [0.4, 0.5) is 0 Å². The maximum Gasteiger partial charge on any atom is 0.0810 e. The molecule has 0 bridgehead atoms. The lowest BCUT2D eigenvalue weighted by Gasteiger charge is -2.27. The Morgan fingerprint density at radius 1 is 1.24 bits per heavy atom.